The lowest BCUT2D eigenvalue weighted by molar-refractivity contribution is -0.384. The van der Waals surface area contributed by atoms with Crippen molar-refractivity contribution in [3.8, 4) is 0 Å². The number of hydrogen-bond acceptors (Lipinski definition) is 7. The first kappa shape index (κ1) is 17.2. The van der Waals surface area contributed by atoms with E-state index in [0.29, 0.717) is 18.9 Å². The molecule has 2 N–H and O–H groups in total. The van der Waals surface area contributed by atoms with Crippen LogP contribution < -0.4 is 10.6 Å². The molecule has 0 radical (unpaired) electrons. The van der Waals surface area contributed by atoms with Crippen molar-refractivity contribution >= 4 is 23.4 Å². The summed E-state index contributed by atoms with van der Waals surface area (Å²) in [6, 6.07) is 3.08. The molecular weight excluding hydrogens is 326 g/mol. The normalized spacial score (nSPS) is 22.8. The van der Waals surface area contributed by atoms with Crippen LogP contribution in [0.15, 0.2) is 12.1 Å². The third-order valence-electron chi connectivity index (χ3n) is 4.49. The molecule has 3 heterocycles. The molecule has 2 atom stereocenters. The monoisotopic (exact) mass is 349 g/mol. The summed E-state index contributed by atoms with van der Waals surface area (Å²) in [5.41, 5.74) is 4.97. The first-order valence-electron chi connectivity index (χ1n) is 8.33. The first-order valence-corrected chi connectivity index (χ1v) is 8.33. The highest BCUT2D eigenvalue weighted by molar-refractivity contribution is 5.70. The maximum absolute atomic E-state index is 12.5. The van der Waals surface area contributed by atoms with Gasteiger partial charge in [-0.1, -0.05) is 0 Å². The van der Waals surface area contributed by atoms with Gasteiger partial charge in [0.25, 0.3) is 0 Å². The fourth-order valence-corrected chi connectivity index (χ4v) is 3.49. The summed E-state index contributed by atoms with van der Waals surface area (Å²) in [7, 11) is 0. The molecule has 25 heavy (non-hydrogen) atoms. The largest absolute Gasteiger partial charge is 0.444 e. The lowest BCUT2D eigenvalue weighted by atomic mass is 10.2. The van der Waals surface area contributed by atoms with Gasteiger partial charge >= 0.3 is 11.8 Å². The highest BCUT2D eigenvalue weighted by Gasteiger charge is 2.44. The van der Waals surface area contributed by atoms with Gasteiger partial charge in [-0.15, -0.1) is 0 Å². The first-order chi connectivity index (χ1) is 11.7. The SMILES string of the molecule is CC(C)(C)OC(=O)N1[C@@H]2CC[C@H]1CN(c1ccc([N+](=O)[O-])c(N)n1)C2. The van der Waals surface area contributed by atoms with Crippen molar-refractivity contribution in [2.24, 2.45) is 0 Å². The standard InChI is InChI=1S/C16H23N5O4/c1-16(2,3)25-15(22)20-10-4-5-11(20)9-19(8-10)13-7-6-12(21(23)24)14(17)18-13/h6-7,10-11H,4-5,8-9H2,1-3H3,(H2,17,18)/t10-,11+. The Balaban J connectivity index is 1.75. The molecule has 0 aromatic carbocycles. The minimum Gasteiger partial charge on any atom is -0.444 e. The summed E-state index contributed by atoms with van der Waals surface area (Å²) in [4.78, 5) is 30.8. The van der Waals surface area contributed by atoms with Crippen LogP contribution in [0.3, 0.4) is 0 Å². The zero-order valence-electron chi connectivity index (χ0n) is 14.6. The molecule has 136 valence electrons. The van der Waals surface area contributed by atoms with Crippen LogP contribution in [-0.4, -0.2) is 51.7 Å². The Hall–Kier alpha value is -2.58. The average Bonchev–Trinajstić information content (AvgIpc) is 2.75. The van der Waals surface area contributed by atoms with E-state index >= 15 is 0 Å². The number of carbonyl (C=O) groups is 1. The lowest BCUT2D eigenvalue weighted by Gasteiger charge is -2.41. The molecule has 0 spiro atoms. The number of nitro groups is 1. The number of nitrogen functional groups attached to an aromatic ring is 1. The predicted molar refractivity (Wildman–Crippen MR) is 92.4 cm³/mol. The number of ether oxygens (including phenoxy) is 1. The van der Waals surface area contributed by atoms with E-state index in [0.717, 1.165) is 12.8 Å². The van der Waals surface area contributed by atoms with Crippen LogP contribution in [0.25, 0.3) is 0 Å². The Morgan fingerprint density at radius 1 is 1.32 bits per heavy atom. The number of aromatic nitrogens is 1. The van der Waals surface area contributed by atoms with Crippen LogP contribution in [0.4, 0.5) is 22.1 Å². The highest BCUT2D eigenvalue weighted by atomic mass is 16.6. The molecule has 1 aromatic heterocycles. The number of hydrogen-bond donors (Lipinski definition) is 1. The minimum atomic E-state index is -0.545. The van der Waals surface area contributed by atoms with Gasteiger partial charge in [0.1, 0.15) is 11.4 Å². The maximum atomic E-state index is 12.5. The molecule has 9 heteroatoms. The predicted octanol–water partition coefficient (Wildman–Crippen LogP) is 2.16. The average molecular weight is 349 g/mol. The Morgan fingerprint density at radius 3 is 2.40 bits per heavy atom. The number of amides is 1. The smallest absolute Gasteiger partial charge is 0.410 e. The van der Waals surface area contributed by atoms with Crippen LogP contribution >= 0.6 is 0 Å². The van der Waals surface area contributed by atoms with Gasteiger partial charge in [-0.2, -0.15) is 0 Å². The molecule has 2 fully saturated rings. The number of anilines is 2. The number of nitrogens with two attached hydrogens (primary N) is 1. The van der Waals surface area contributed by atoms with Crippen molar-refractivity contribution < 1.29 is 14.5 Å². The molecule has 0 saturated carbocycles. The van der Waals surface area contributed by atoms with Crippen molar-refractivity contribution in [2.45, 2.75) is 51.3 Å². The van der Waals surface area contributed by atoms with Gasteiger partial charge in [0, 0.05) is 19.2 Å². The van der Waals surface area contributed by atoms with Crippen LogP contribution in [0.2, 0.25) is 0 Å². The highest BCUT2D eigenvalue weighted by Crippen LogP contribution is 2.34. The van der Waals surface area contributed by atoms with Crippen molar-refractivity contribution in [2.75, 3.05) is 23.7 Å². The van der Waals surface area contributed by atoms with Crippen molar-refractivity contribution in [1.29, 1.82) is 0 Å². The van der Waals surface area contributed by atoms with Crippen molar-refractivity contribution in [3.05, 3.63) is 22.2 Å². The van der Waals surface area contributed by atoms with E-state index in [1.807, 2.05) is 30.6 Å². The second-order valence-corrected chi connectivity index (χ2v) is 7.51. The molecule has 2 aliphatic heterocycles. The zero-order chi connectivity index (χ0) is 18.4. The van der Waals surface area contributed by atoms with Crippen LogP contribution in [0.5, 0.6) is 0 Å². The number of carbonyl (C=O) groups excluding carboxylic acids is 1. The summed E-state index contributed by atoms with van der Waals surface area (Å²) in [6.07, 6.45) is 1.53. The van der Waals surface area contributed by atoms with E-state index in [9.17, 15) is 14.9 Å². The fraction of sp³-hybridized carbons (Fsp3) is 0.625. The molecule has 1 amide bonds. The van der Waals surface area contributed by atoms with Gasteiger partial charge in [0.2, 0.25) is 5.82 Å². The number of rotatable bonds is 2. The Morgan fingerprint density at radius 2 is 1.92 bits per heavy atom. The molecule has 2 aliphatic rings. The van der Waals surface area contributed by atoms with Gasteiger partial charge in [-0.05, 0) is 39.7 Å². The Labute approximate surface area is 145 Å². The van der Waals surface area contributed by atoms with Crippen molar-refractivity contribution in [3.63, 3.8) is 0 Å². The molecule has 3 rings (SSSR count). The van der Waals surface area contributed by atoms with Gasteiger partial charge in [-0.3, -0.25) is 15.0 Å². The third-order valence-corrected chi connectivity index (χ3v) is 4.49. The summed E-state index contributed by atoms with van der Waals surface area (Å²) in [5, 5.41) is 10.9. The summed E-state index contributed by atoms with van der Waals surface area (Å²) >= 11 is 0. The molecule has 2 saturated heterocycles. The molecule has 1 aromatic rings. The molecule has 0 unspecified atom stereocenters. The number of pyridine rings is 1. The number of fused-ring (bicyclic) bond motifs is 2. The fourth-order valence-electron chi connectivity index (χ4n) is 3.49. The zero-order valence-corrected chi connectivity index (χ0v) is 14.6. The van der Waals surface area contributed by atoms with E-state index in [-0.39, 0.29) is 29.7 Å². The van der Waals surface area contributed by atoms with Crippen molar-refractivity contribution in [1.82, 2.24) is 9.88 Å². The van der Waals surface area contributed by atoms with Gasteiger partial charge in [0.15, 0.2) is 0 Å². The second-order valence-electron chi connectivity index (χ2n) is 7.51. The Bertz CT molecular complexity index is 688. The van der Waals surface area contributed by atoms with Crippen LogP contribution in [0, 0.1) is 10.1 Å². The quantitative estimate of drug-likeness (QED) is 0.642. The maximum Gasteiger partial charge on any atom is 0.410 e. The number of nitrogens with zero attached hydrogens (tertiary/aromatic N) is 4. The summed E-state index contributed by atoms with van der Waals surface area (Å²) in [6.45, 7) is 6.78. The van der Waals surface area contributed by atoms with Gasteiger partial charge in [-0.25, -0.2) is 9.78 Å². The third kappa shape index (κ3) is 3.45. The van der Waals surface area contributed by atoms with Crippen LogP contribution in [-0.2, 0) is 4.74 Å². The lowest BCUT2D eigenvalue weighted by Crippen LogP contribution is -2.57. The topological polar surface area (TPSA) is 115 Å². The van der Waals surface area contributed by atoms with Crippen LogP contribution in [0.1, 0.15) is 33.6 Å². The van der Waals surface area contributed by atoms with E-state index < -0.39 is 10.5 Å². The molecule has 0 aliphatic carbocycles. The van der Waals surface area contributed by atoms with E-state index in [2.05, 4.69) is 4.98 Å². The molecule has 2 bridgehead atoms. The summed E-state index contributed by atoms with van der Waals surface area (Å²) < 4.78 is 5.52. The van der Waals surface area contributed by atoms with E-state index in [1.165, 1.54) is 6.07 Å². The van der Waals surface area contributed by atoms with Gasteiger partial charge < -0.3 is 15.4 Å². The molecular formula is C16H23N5O4. The summed E-state index contributed by atoms with van der Waals surface area (Å²) in [5.74, 6) is 0.508. The second kappa shape index (κ2) is 6.05. The van der Waals surface area contributed by atoms with E-state index in [1.54, 1.807) is 6.07 Å². The molecule has 9 nitrogen and oxygen atoms in total. The number of piperazine rings is 1. The Kier molecular flexibility index (Phi) is 4.18. The minimum absolute atomic E-state index is 0.0480. The van der Waals surface area contributed by atoms with E-state index in [4.69, 9.17) is 10.5 Å². The van der Waals surface area contributed by atoms with Gasteiger partial charge in [0.05, 0.1) is 17.0 Å².